The van der Waals surface area contributed by atoms with E-state index in [-0.39, 0.29) is 5.82 Å². The van der Waals surface area contributed by atoms with Gasteiger partial charge in [0.25, 0.3) is 0 Å². The van der Waals surface area contributed by atoms with Crippen molar-refractivity contribution in [3.63, 3.8) is 0 Å². The molecule has 0 aliphatic rings. The van der Waals surface area contributed by atoms with E-state index in [2.05, 4.69) is 0 Å². The number of aliphatic hydroxyl groups is 1. The molecule has 100 valence electrons. The van der Waals surface area contributed by atoms with Gasteiger partial charge < -0.3 is 5.11 Å². The molecule has 1 unspecified atom stereocenters. The Morgan fingerprint density at radius 1 is 1.21 bits per heavy atom. The molecule has 3 heteroatoms. The third kappa shape index (κ3) is 3.14. The predicted molar refractivity (Wildman–Crippen MR) is 75.9 cm³/mol. The Labute approximate surface area is 117 Å². The topological polar surface area (TPSA) is 20.2 Å². The summed E-state index contributed by atoms with van der Waals surface area (Å²) in [5.74, 6) is -0.308. The van der Waals surface area contributed by atoms with E-state index >= 15 is 0 Å². The average molecular weight is 279 g/mol. The van der Waals surface area contributed by atoms with E-state index in [9.17, 15) is 9.50 Å². The van der Waals surface area contributed by atoms with Crippen molar-refractivity contribution >= 4 is 11.6 Å². The summed E-state index contributed by atoms with van der Waals surface area (Å²) in [6.45, 7) is 3.36. The van der Waals surface area contributed by atoms with Gasteiger partial charge in [-0.3, -0.25) is 0 Å². The standard InChI is InChI=1S/C16H16ClFO/c1-11-7-8-13(9-15(11)18)16(2,19)10-12-5-3-4-6-14(12)17/h3-9,19H,10H2,1-2H3. The van der Waals surface area contributed by atoms with Crippen LogP contribution in [0.5, 0.6) is 0 Å². The molecule has 0 aromatic heterocycles. The van der Waals surface area contributed by atoms with Gasteiger partial charge in [0.2, 0.25) is 0 Å². The largest absolute Gasteiger partial charge is 0.385 e. The number of benzene rings is 2. The summed E-state index contributed by atoms with van der Waals surface area (Å²) in [7, 11) is 0. The first kappa shape index (κ1) is 14.0. The molecular weight excluding hydrogens is 263 g/mol. The average Bonchev–Trinajstić information content (AvgIpc) is 2.35. The Bertz CT molecular complexity index is 593. The van der Waals surface area contributed by atoms with Crippen LogP contribution >= 0.6 is 11.6 Å². The molecule has 1 N–H and O–H groups in total. The molecule has 0 amide bonds. The lowest BCUT2D eigenvalue weighted by molar-refractivity contribution is 0.0573. The molecule has 19 heavy (non-hydrogen) atoms. The summed E-state index contributed by atoms with van der Waals surface area (Å²) in [4.78, 5) is 0. The highest BCUT2D eigenvalue weighted by Crippen LogP contribution is 2.29. The summed E-state index contributed by atoms with van der Waals surface area (Å²) in [5, 5.41) is 11.2. The summed E-state index contributed by atoms with van der Waals surface area (Å²) >= 11 is 6.09. The summed E-state index contributed by atoms with van der Waals surface area (Å²) in [6, 6.07) is 12.1. The van der Waals surface area contributed by atoms with Crippen LogP contribution in [-0.4, -0.2) is 5.11 Å². The Hall–Kier alpha value is -1.38. The lowest BCUT2D eigenvalue weighted by Gasteiger charge is -2.25. The minimum atomic E-state index is -1.15. The molecule has 0 saturated carbocycles. The maximum absolute atomic E-state index is 13.6. The van der Waals surface area contributed by atoms with Crippen molar-refractivity contribution in [2.75, 3.05) is 0 Å². The van der Waals surface area contributed by atoms with Gasteiger partial charge in [-0.15, -0.1) is 0 Å². The normalized spacial score (nSPS) is 14.2. The zero-order valence-electron chi connectivity index (χ0n) is 11.0. The van der Waals surface area contributed by atoms with Gasteiger partial charge in [0, 0.05) is 11.4 Å². The number of hydrogen-bond acceptors (Lipinski definition) is 1. The molecule has 2 aromatic rings. The zero-order valence-corrected chi connectivity index (χ0v) is 11.7. The van der Waals surface area contributed by atoms with E-state index in [1.807, 2.05) is 18.2 Å². The van der Waals surface area contributed by atoms with Gasteiger partial charge in [-0.1, -0.05) is 41.9 Å². The van der Waals surface area contributed by atoms with Gasteiger partial charge in [0.15, 0.2) is 0 Å². The fourth-order valence-electron chi connectivity index (χ4n) is 2.04. The van der Waals surface area contributed by atoms with Crippen molar-refractivity contribution in [2.24, 2.45) is 0 Å². The van der Waals surface area contributed by atoms with Crippen LogP contribution in [0, 0.1) is 12.7 Å². The first-order chi connectivity index (χ1) is 8.90. The number of hydrogen-bond donors (Lipinski definition) is 1. The van der Waals surface area contributed by atoms with Crippen molar-refractivity contribution in [1.82, 2.24) is 0 Å². The summed E-state index contributed by atoms with van der Waals surface area (Å²) < 4.78 is 13.6. The fraction of sp³-hybridized carbons (Fsp3) is 0.250. The monoisotopic (exact) mass is 278 g/mol. The molecule has 2 aromatic carbocycles. The molecule has 0 spiro atoms. The SMILES string of the molecule is Cc1ccc(C(C)(O)Cc2ccccc2Cl)cc1F. The van der Waals surface area contributed by atoms with Crippen molar-refractivity contribution in [3.05, 3.63) is 70.0 Å². The molecule has 0 aliphatic heterocycles. The molecule has 0 radical (unpaired) electrons. The molecule has 0 bridgehead atoms. The first-order valence-corrected chi connectivity index (χ1v) is 6.50. The summed E-state index contributed by atoms with van der Waals surface area (Å²) in [6.07, 6.45) is 0.342. The van der Waals surface area contributed by atoms with Crippen molar-refractivity contribution in [3.8, 4) is 0 Å². The lowest BCUT2D eigenvalue weighted by Crippen LogP contribution is -2.24. The minimum absolute atomic E-state index is 0.308. The third-order valence-electron chi connectivity index (χ3n) is 3.29. The van der Waals surface area contributed by atoms with Crippen LogP contribution in [0.15, 0.2) is 42.5 Å². The number of rotatable bonds is 3. The second-order valence-electron chi connectivity index (χ2n) is 5.01. The molecule has 1 nitrogen and oxygen atoms in total. The highest BCUT2D eigenvalue weighted by atomic mass is 35.5. The van der Waals surface area contributed by atoms with Gasteiger partial charge in [-0.05, 0) is 42.7 Å². The van der Waals surface area contributed by atoms with Crippen LogP contribution in [0.25, 0.3) is 0 Å². The third-order valence-corrected chi connectivity index (χ3v) is 3.65. The molecular formula is C16H16ClFO. The van der Waals surface area contributed by atoms with E-state index in [0.29, 0.717) is 22.6 Å². The molecule has 0 saturated heterocycles. The molecule has 1 atom stereocenters. The van der Waals surface area contributed by atoms with Crippen LogP contribution in [0.1, 0.15) is 23.6 Å². The maximum Gasteiger partial charge on any atom is 0.126 e. The van der Waals surface area contributed by atoms with Crippen LogP contribution in [0.4, 0.5) is 4.39 Å². The van der Waals surface area contributed by atoms with Crippen molar-refractivity contribution < 1.29 is 9.50 Å². The Morgan fingerprint density at radius 2 is 1.89 bits per heavy atom. The van der Waals surface area contributed by atoms with Gasteiger partial charge in [0.05, 0.1) is 5.60 Å². The van der Waals surface area contributed by atoms with Gasteiger partial charge in [-0.25, -0.2) is 4.39 Å². The quantitative estimate of drug-likeness (QED) is 0.890. The van der Waals surface area contributed by atoms with Crippen molar-refractivity contribution in [2.45, 2.75) is 25.9 Å². The highest BCUT2D eigenvalue weighted by Gasteiger charge is 2.25. The molecule has 0 fully saturated rings. The maximum atomic E-state index is 13.6. The Balaban J connectivity index is 2.32. The van der Waals surface area contributed by atoms with Gasteiger partial charge >= 0.3 is 0 Å². The Kier molecular flexibility index (Phi) is 3.93. The highest BCUT2D eigenvalue weighted by molar-refractivity contribution is 6.31. The molecule has 0 heterocycles. The number of halogens is 2. The van der Waals surface area contributed by atoms with E-state index in [1.165, 1.54) is 6.07 Å². The molecule has 2 rings (SSSR count). The lowest BCUT2D eigenvalue weighted by atomic mass is 9.88. The van der Waals surface area contributed by atoms with Crippen LogP contribution in [0.2, 0.25) is 5.02 Å². The fourth-order valence-corrected chi connectivity index (χ4v) is 2.25. The van der Waals surface area contributed by atoms with E-state index < -0.39 is 5.60 Å². The number of aryl methyl sites for hydroxylation is 1. The smallest absolute Gasteiger partial charge is 0.126 e. The summed E-state index contributed by atoms with van der Waals surface area (Å²) in [5.41, 5.74) is 0.808. The Morgan fingerprint density at radius 3 is 2.53 bits per heavy atom. The molecule has 0 aliphatic carbocycles. The van der Waals surface area contributed by atoms with Gasteiger partial charge in [0.1, 0.15) is 5.82 Å². The van der Waals surface area contributed by atoms with Crippen LogP contribution in [0.3, 0.4) is 0 Å². The van der Waals surface area contributed by atoms with Crippen LogP contribution < -0.4 is 0 Å². The minimum Gasteiger partial charge on any atom is -0.385 e. The zero-order chi connectivity index (χ0) is 14.0. The van der Waals surface area contributed by atoms with Crippen LogP contribution in [-0.2, 0) is 12.0 Å². The first-order valence-electron chi connectivity index (χ1n) is 6.12. The predicted octanol–water partition coefficient (Wildman–Crippen LogP) is 4.24. The van der Waals surface area contributed by atoms with E-state index in [4.69, 9.17) is 11.6 Å². The van der Waals surface area contributed by atoms with Gasteiger partial charge in [-0.2, -0.15) is 0 Å². The second-order valence-corrected chi connectivity index (χ2v) is 5.41. The van der Waals surface area contributed by atoms with E-state index in [1.54, 1.807) is 32.0 Å². The van der Waals surface area contributed by atoms with Crippen molar-refractivity contribution in [1.29, 1.82) is 0 Å². The van der Waals surface area contributed by atoms with E-state index in [0.717, 1.165) is 5.56 Å². The second kappa shape index (κ2) is 5.32.